The van der Waals surface area contributed by atoms with Gasteiger partial charge in [0.15, 0.2) is 0 Å². The fourth-order valence-electron chi connectivity index (χ4n) is 1.53. The summed E-state index contributed by atoms with van der Waals surface area (Å²) in [6.07, 6.45) is 2.88. The summed E-state index contributed by atoms with van der Waals surface area (Å²) in [5, 5.41) is 8.72. The molecule has 2 rings (SSSR count). The average molecular weight is 237 g/mol. The highest BCUT2D eigenvalue weighted by Crippen LogP contribution is 2.12. The fraction of sp³-hybridized carbons (Fsp3) is 0.0833. The van der Waals surface area contributed by atoms with Crippen LogP contribution >= 0.6 is 0 Å². The number of rotatable bonds is 3. The van der Waals surface area contributed by atoms with Gasteiger partial charge in [-0.05, 0) is 24.3 Å². The van der Waals surface area contributed by atoms with E-state index in [9.17, 15) is 13.6 Å². The van der Waals surface area contributed by atoms with Gasteiger partial charge in [-0.2, -0.15) is 0 Å². The van der Waals surface area contributed by atoms with Crippen LogP contribution in [0.25, 0.3) is 0 Å². The number of carboxylic acids is 1. The van der Waals surface area contributed by atoms with Gasteiger partial charge in [0.1, 0.15) is 11.6 Å². The molecule has 1 aromatic heterocycles. The van der Waals surface area contributed by atoms with Gasteiger partial charge in [-0.25, -0.2) is 13.6 Å². The Labute approximate surface area is 95.9 Å². The van der Waals surface area contributed by atoms with E-state index in [1.807, 2.05) is 0 Å². The molecule has 2 aromatic rings. The van der Waals surface area contributed by atoms with Crippen molar-refractivity contribution in [1.82, 2.24) is 4.57 Å². The summed E-state index contributed by atoms with van der Waals surface area (Å²) in [4.78, 5) is 10.6. The lowest BCUT2D eigenvalue weighted by Gasteiger charge is -2.04. The molecule has 0 fully saturated rings. The maximum Gasteiger partial charge on any atom is 0.337 e. The van der Waals surface area contributed by atoms with Crippen molar-refractivity contribution >= 4 is 5.97 Å². The van der Waals surface area contributed by atoms with E-state index in [2.05, 4.69) is 0 Å². The quantitative estimate of drug-likeness (QED) is 0.891. The van der Waals surface area contributed by atoms with Crippen LogP contribution in [0.1, 0.15) is 15.9 Å². The second-order valence-corrected chi connectivity index (χ2v) is 3.61. The van der Waals surface area contributed by atoms with Crippen LogP contribution in [0.15, 0.2) is 36.7 Å². The van der Waals surface area contributed by atoms with Gasteiger partial charge in [-0.3, -0.25) is 0 Å². The molecule has 1 aromatic carbocycles. The predicted molar refractivity (Wildman–Crippen MR) is 56.9 cm³/mol. The molecule has 0 aliphatic heterocycles. The smallest absolute Gasteiger partial charge is 0.337 e. The molecule has 0 unspecified atom stereocenters. The predicted octanol–water partition coefficient (Wildman–Crippen LogP) is 2.51. The first kappa shape index (κ1) is 11.3. The van der Waals surface area contributed by atoms with Crippen molar-refractivity contribution in [2.24, 2.45) is 0 Å². The minimum atomic E-state index is -1.05. The summed E-state index contributed by atoms with van der Waals surface area (Å²) in [6.45, 7) is 0.0941. The number of nitrogens with zero attached hydrogens (tertiary/aromatic N) is 1. The molecule has 0 radical (unpaired) electrons. The molecule has 0 bridgehead atoms. The molecule has 1 heterocycles. The molecule has 1 N–H and O–H groups in total. The van der Waals surface area contributed by atoms with E-state index in [-0.39, 0.29) is 17.7 Å². The zero-order valence-corrected chi connectivity index (χ0v) is 8.73. The van der Waals surface area contributed by atoms with Crippen molar-refractivity contribution in [2.45, 2.75) is 6.54 Å². The SMILES string of the molecule is O=C(O)c1ccn(Cc2cc(F)ccc2F)c1. The number of carboxylic acid groups (broad SMARTS) is 1. The fourth-order valence-corrected chi connectivity index (χ4v) is 1.53. The summed E-state index contributed by atoms with van der Waals surface area (Å²) in [7, 11) is 0. The van der Waals surface area contributed by atoms with Crippen LogP contribution in [0.5, 0.6) is 0 Å². The van der Waals surface area contributed by atoms with E-state index in [0.717, 1.165) is 18.2 Å². The highest BCUT2D eigenvalue weighted by molar-refractivity contribution is 5.87. The molecule has 0 aliphatic rings. The minimum absolute atomic E-state index is 0.0941. The van der Waals surface area contributed by atoms with E-state index in [4.69, 9.17) is 5.11 Å². The molecule has 0 atom stereocenters. The summed E-state index contributed by atoms with van der Waals surface area (Å²) >= 11 is 0. The van der Waals surface area contributed by atoms with Gasteiger partial charge < -0.3 is 9.67 Å². The Hall–Kier alpha value is -2.17. The zero-order valence-electron chi connectivity index (χ0n) is 8.73. The maximum atomic E-state index is 13.3. The van der Waals surface area contributed by atoms with Gasteiger partial charge in [0.25, 0.3) is 0 Å². The standard InChI is InChI=1S/C12H9F2NO2/c13-10-1-2-11(14)9(5-10)7-15-4-3-8(6-15)12(16)17/h1-6H,7H2,(H,16,17). The Bertz CT molecular complexity index is 563. The molecule has 0 aliphatic carbocycles. The Morgan fingerprint density at radius 1 is 1.29 bits per heavy atom. The molecule has 88 valence electrons. The number of halogens is 2. The molecule has 0 spiro atoms. The van der Waals surface area contributed by atoms with Crippen LogP contribution in [-0.2, 0) is 6.54 Å². The first-order valence-corrected chi connectivity index (χ1v) is 4.89. The van der Waals surface area contributed by atoms with Gasteiger partial charge >= 0.3 is 5.97 Å². The van der Waals surface area contributed by atoms with Crippen molar-refractivity contribution in [3.8, 4) is 0 Å². The molecular formula is C12H9F2NO2. The third-order valence-corrected chi connectivity index (χ3v) is 2.36. The van der Waals surface area contributed by atoms with Crippen molar-refractivity contribution in [3.63, 3.8) is 0 Å². The monoisotopic (exact) mass is 237 g/mol. The zero-order chi connectivity index (χ0) is 12.4. The number of aromatic carboxylic acids is 1. The first-order chi connectivity index (χ1) is 8.06. The van der Waals surface area contributed by atoms with Crippen LogP contribution < -0.4 is 0 Å². The summed E-state index contributed by atoms with van der Waals surface area (Å²) in [6, 6.07) is 4.58. The lowest BCUT2D eigenvalue weighted by molar-refractivity contribution is 0.0697. The summed E-state index contributed by atoms with van der Waals surface area (Å²) < 4.78 is 27.7. The second-order valence-electron chi connectivity index (χ2n) is 3.61. The Morgan fingerprint density at radius 2 is 2.06 bits per heavy atom. The minimum Gasteiger partial charge on any atom is -0.478 e. The molecule has 0 saturated carbocycles. The average Bonchev–Trinajstić information content (AvgIpc) is 2.72. The molecule has 3 nitrogen and oxygen atoms in total. The Kier molecular flexibility index (Phi) is 2.91. The highest BCUT2D eigenvalue weighted by atomic mass is 19.1. The Morgan fingerprint density at radius 3 is 2.71 bits per heavy atom. The van der Waals surface area contributed by atoms with E-state index in [1.54, 1.807) is 0 Å². The number of hydrogen-bond donors (Lipinski definition) is 1. The van der Waals surface area contributed by atoms with E-state index in [1.165, 1.54) is 23.0 Å². The maximum absolute atomic E-state index is 13.3. The highest BCUT2D eigenvalue weighted by Gasteiger charge is 2.07. The molecular weight excluding hydrogens is 228 g/mol. The van der Waals surface area contributed by atoms with Crippen LogP contribution in [0.3, 0.4) is 0 Å². The number of benzene rings is 1. The molecule has 5 heteroatoms. The van der Waals surface area contributed by atoms with Crippen LogP contribution in [0, 0.1) is 11.6 Å². The van der Waals surface area contributed by atoms with Crippen molar-refractivity contribution in [2.75, 3.05) is 0 Å². The summed E-state index contributed by atoms with van der Waals surface area (Å²) in [5.74, 6) is -2.09. The van der Waals surface area contributed by atoms with Crippen molar-refractivity contribution in [3.05, 3.63) is 59.4 Å². The lowest BCUT2D eigenvalue weighted by atomic mass is 10.2. The van der Waals surface area contributed by atoms with Crippen LogP contribution in [0.2, 0.25) is 0 Å². The molecule has 0 amide bonds. The number of hydrogen-bond acceptors (Lipinski definition) is 1. The van der Waals surface area contributed by atoms with E-state index >= 15 is 0 Å². The van der Waals surface area contributed by atoms with Gasteiger partial charge in [-0.1, -0.05) is 0 Å². The van der Waals surface area contributed by atoms with Gasteiger partial charge in [0.05, 0.1) is 12.1 Å². The van der Waals surface area contributed by atoms with E-state index < -0.39 is 17.6 Å². The van der Waals surface area contributed by atoms with Gasteiger partial charge in [-0.15, -0.1) is 0 Å². The topological polar surface area (TPSA) is 42.2 Å². The Balaban J connectivity index is 2.25. The van der Waals surface area contributed by atoms with Crippen LogP contribution in [-0.4, -0.2) is 15.6 Å². The van der Waals surface area contributed by atoms with Gasteiger partial charge in [0.2, 0.25) is 0 Å². The third kappa shape index (κ3) is 2.50. The third-order valence-electron chi connectivity index (χ3n) is 2.36. The second kappa shape index (κ2) is 4.37. The molecule has 0 saturated heterocycles. The molecule has 17 heavy (non-hydrogen) atoms. The van der Waals surface area contributed by atoms with Crippen molar-refractivity contribution < 1.29 is 18.7 Å². The summed E-state index contributed by atoms with van der Waals surface area (Å²) in [5.41, 5.74) is 0.291. The normalized spacial score (nSPS) is 10.5. The van der Waals surface area contributed by atoms with Crippen molar-refractivity contribution in [1.29, 1.82) is 0 Å². The number of aromatic nitrogens is 1. The largest absolute Gasteiger partial charge is 0.478 e. The first-order valence-electron chi connectivity index (χ1n) is 4.89. The number of carbonyl (C=O) groups is 1. The van der Waals surface area contributed by atoms with E-state index in [0.29, 0.717) is 0 Å². The lowest BCUT2D eigenvalue weighted by Crippen LogP contribution is -2.01. The van der Waals surface area contributed by atoms with Gasteiger partial charge in [0, 0.05) is 18.0 Å². The van der Waals surface area contributed by atoms with Crippen LogP contribution in [0.4, 0.5) is 8.78 Å².